The fraction of sp³-hybridized carbons (Fsp3) is 0.789. The number of furan rings is 1. The van der Waals surface area contributed by atoms with E-state index in [9.17, 15) is 0 Å². The summed E-state index contributed by atoms with van der Waals surface area (Å²) >= 11 is 0. The molecule has 0 radical (unpaired) electrons. The number of rotatable bonds is 5. The van der Waals surface area contributed by atoms with Gasteiger partial charge in [0.05, 0.1) is 32.0 Å². The van der Waals surface area contributed by atoms with Crippen LogP contribution in [0.3, 0.4) is 0 Å². The van der Waals surface area contributed by atoms with Crippen LogP contribution in [0.2, 0.25) is 0 Å². The van der Waals surface area contributed by atoms with E-state index in [2.05, 4.69) is 11.0 Å². The van der Waals surface area contributed by atoms with Gasteiger partial charge in [0.2, 0.25) is 0 Å². The van der Waals surface area contributed by atoms with Crippen molar-refractivity contribution in [3.8, 4) is 0 Å². The summed E-state index contributed by atoms with van der Waals surface area (Å²) in [5, 5.41) is 0. The highest BCUT2D eigenvalue weighted by atomic mass is 16.5. The molecule has 1 aliphatic carbocycles. The molecule has 5 nitrogen and oxygen atoms in total. The zero-order valence-corrected chi connectivity index (χ0v) is 14.6. The molecule has 3 fully saturated rings. The van der Waals surface area contributed by atoms with Crippen LogP contribution in [-0.4, -0.2) is 56.1 Å². The van der Waals surface area contributed by atoms with Gasteiger partial charge in [0.25, 0.3) is 0 Å². The van der Waals surface area contributed by atoms with Gasteiger partial charge in [-0.05, 0) is 50.7 Å². The van der Waals surface area contributed by atoms with Crippen LogP contribution >= 0.6 is 0 Å². The molecule has 3 heterocycles. The van der Waals surface area contributed by atoms with Crippen molar-refractivity contribution in [3.63, 3.8) is 0 Å². The SMILES string of the molecule is Cc1ccc(CN2CCO[C@H]3[C@H](OCC4CCOCC4)CC[C@@H]32)o1. The number of hydrogen-bond donors (Lipinski definition) is 0. The second-order valence-electron chi connectivity index (χ2n) is 7.39. The summed E-state index contributed by atoms with van der Waals surface area (Å²) in [5.41, 5.74) is 0. The standard InChI is InChI=1S/C19H29NO4/c1-14-2-3-16(24-14)12-20-8-11-22-19-17(20)4-5-18(19)23-13-15-6-9-21-10-7-15/h2-3,15,17-19H,4-13H2,1H3/t17-,18+,19+/m0/s1. The maximum Gasteiger partial charge on any atom is 0.118 e. The molecule has 0 amide bonds. The summed E-state index contributed by atoms with van der Waals surface area (Å²) in [6.45, 7) is 7.28. The Labute approximate surface area is 144 Å². The average molecular weight is 335 g/mol. The smallest absolute Gasteiger partial charge is 0.118 e. The molecule has 0 aromatic carbocycles. The van der Waals surface area contributed by atoms with Gasteiger partial charge < -0.3 is 18.6 Å². The molecule has 0 spiro atoms. The predicted molar refractivity (Wildman–Crippen MR) is 89.9 cm³/mol. The van der Waals surface area contributed by atoms with Crippen LogP contribution in [-0.2, 0) is 20.8 Å². The molecular weight excluding hydrogens is 306 g/mol. The largest absolute Gasteiger partial charge is 0.465 e. The van der Waals surface area contributed by atoms with Crippen molar-refractivity contribution in [2.45, 2.75) is 57.4 Å². The molecule has 134 valence electrons. The lowest BCUT2D eigenvalue weighted by molar-refractivity contribution is -0.123. The van der Waals surface area contributed by atoms with Crippen molar-refractivity contribution in [1.29, 1.82) is 0 Å². The average Bonchev–Trinajstić information content (AvgIpc) is 3.21. The fourth-order valence-corrected chi connectivity index (χ4v) is 4.31. The predicted octanol–water partition coefficient (Wildman–Crippen LogP) is 2.76. The van der Waals surface area contributed by atoms with Gasteiger partial charge in [-0.3, -0.25) is 4.90 Å². The van der Waals surface area contributed by atoms with Crippen LogP contribution in [0.5, 0.6) is 0 Å². The van der Waals surface area contributed by atoms with Crippen molar-refractivity contribution in [1.82, 2.24) is 4.90 Å². The monoisotopic (exact) mass is 335 g/mol. The van der Waals surface area contributed by atoms with E-state index in [1.54, 1.807) is 0 Å². The molecule has 1 saturated carbocycles. The quantitative estimate of drug-likeness (QED) is 0.828. The second-order valence-corrected chi connectivity index (χ2v) is 7.39. The van der Waals surface area contributed by atoms with Crippen molar-refractivity contribution >= 4 is 0 Å². The Bertz CT molecular complexity index is 525. The van der Waals surface area contributed by atoms with E-state index in [0.717, 1.165) is 76.7 Å². The molecule has 3 aliphatic rings. The summed E-state index contributed by atoms with van der Waals surface area (Å²) in [7, 11) is 0. The lowest BCUT2D eigenvalue weighted by Crippen LogP contribution is -2.51. The van der Waals surface area contributed by atoms with Crippen molar-refractivity contribution in [2.24, 2.45) is 5.92 Å². The molecule has 1 aromatic heterocycles. The highest BCUT2D eigenvalue weighted by Crippen LogP contribution is 2.33. The number of ether oxygens (including phenoxy) is 3. The Morgan fingerprint density at radius 1 is 1.12 bits per heavy atom. The van der Waals surface area contributed by atoms with Crippen molar-refractivity contribution in [2.75, 3.05) is 33.0 Å². The third-order valence-corrected chi connectivity index (χ3v) is 5.69. The number of nitrogens with zero attached hydrogens (tertiary/aromatic N) is 1. The van der Waals surface area contributed by atoms with Gasteiger partial charge in [0.1, 0.15) is 11.5 Å². The highest BCUT2D eigenvalue weighted by molar-refractivity contribution is 5.07. The second kappa shape index (κ2) is 7.56. The Balaban J connectivity index is 1.32. The maximum atomic E-state index is 6.28. The topological polar surface area (TPSA) is 44.1 Å². The van der Waals surface area contributed by atoms with Crippen LogP contribution in [0.15, 0.2) is 16.5 Å². The van der Waals surface area contributed by atoms with Gasteiger partial charge in [-0.25, -0.2) is 0 Å². The zero-order chi connectivity index (χ0) is 16.4. The van der Waals surface area contributed by atoms with Gasteiger partial charge in [0, 0.05) is 25.8 Å². The minimum Gasteiger partial charge on any atom is -0.465 e. The molecule has 5 heteroatoms. The van der Waals surface area contributed by atoms with Gasteiger partial charge in [-0.1, -0.05) is 0 Å². The first kappa shape index (κ1) is 16.6. The first-order chi connectivity index (χ1) is 11.8. The minimum atomic E-state index is 0.217. The van der Waals surface area contributed by atoms with Crippen LogP contribution in [0.25, 0.3) is 0 Å². The molecule has 1 aromatic rings. The number of hydrogen-bond acceptors (Lipinski definition) is 5. The van der Waals surface area contributed by atoms with E-state index in [4.69, 9.17) is 18.6 Å². The number of fused-ring (bicyclic) bond motifs is 1. The lowest BCUT2D eigenvalue weighted by atomic mass is 10.0. The van der Waals surface area contributed by atoms with Crippen LogP contribution in [0.1, 0.15) is 37.2 Å². The Morgan fingerprint density at radius 3 is 2.79 bits per heavy atom. The fourth-order valence-electron chi connectivity index (χ4n) is 4.31. The van der Waals surface area contributed by atoms with Crippen LogP contribution < -0.4 is 0 Å². The minimum absolute atomic E-state index is 0.217. The summed E-state index contributed by atoms with van der Waals surface area (Å²) in [4.78, 5) is 2.52. The highest BCUT2D eigenvalue weighted by Gasteiger charge is 2.43. The maximum absolute atomic E-state index is 6.28. The zero-order valence-electron chi connectivity index (χ0n) is 14.6. The van der Waals surface area contributed by atoms with Crippen LogP contribution in [0.4, 0.5) is 0 Å². The van der Waals surface area contributed by atoms with E-state index in [-0.39, 0.29) is 12.2 Å². The third-order valence-electron chi connectivity index (χ3n) is 5.69. The Hall–Kier alpha value is -0.880. The van der Waals surface area contributed by atoms with Crippen molar-refractivity contribution < 1.29 is 18.6 Å². The van der Waals surface area contributed by atoms with E-state index < -0.39 is 0 Å². The van der Waals surface area contributed by atoms with Crippen LogP contribution in [0, 0.1) is 12.8 Å². The van der Waals surface area contributed by atoms with E-state index >= 15 is 0 Å². The molecule has 2 aliphatic heterocycles. The van der Waals surface area contributed by atoms with E-state index in [0.29, 0.717) is 12.0 Å². The van der Waals surface area contributed by atoms with Gasteiger partial charge >= 0.3 is 0 Å². The molecule has 0 bridgehead atoms. The van der Waals surface area contributed by atoms with E-state index in [1.807, 2.05) is 13.0 Å². The number of morpholine rings is 1. The first-order valence-corrected chi connectivity index (χ1v) is 9.40. The summed E-state index contributed by atoms with van der Waals surface area (Å²) in [5.74, 6) is 2.70. The molecule has 0 N–H and O–H groups in total. The molecular formula is C19H29NO4. The first-order valence-electron chi connectivity index (χ1n) is 9.40. The molecule has 0 unspecified atom stereocenters. The molecule has 24 heavy (non-hydrogen) atoms. The summed E-state index contributed by atoms with van der Waals surface area (Å²) < 4.78 is 23.6. The third kappa shape index (κ3) is 3.69. The molecule has 4 rings (SSSR count). The summed E-state index contributed by atoms with van der Waals surface area (Å²) in [6, 6.07) is 4.60. The Kier molecular flexibility index (Phi) is 5.22. The normalized spacial score (nSPS) is 32.1. The van der Waals surface area contributed by atoms with Gasteiger partial charge in [0.15, 0.2) is 0 Å². The molecule has 2 saturated heterocycles. The Morgan fingerprint density at radius 2 is 2.00 bits per heavy atom. The van der Waals surface area contributed by atoms with Crippen molar-refractivity contribution in [3.05, 3.63) is 23.7 Å². The molecule has 3 atom stereocenters. The van der Waals surface area contributed by atoms with Gasteiger partial charge in [-0.2, -0.15) is 0 Å². The van der Waals surface area contributed by atoms with E-state index in [1.165, 1.54) is 0 Å². The summed E-state index contributed by atoms with van der Waals surface area (Å²) in [6.07, 6.45) is 4.99. The van der Waals surface area contributed by atoms with Gasteiger partial charge in [-0.15, -0.1) is 0 Å². The lowest BCUT2D eigenvalue weighted by Gasteiger charge is -2.38. The number of aryl methyl sites for hydroxylation is 1.